The molecule has 1 amide bonds. The van der Waals surface area contributed by atoms with Crippen LogP contribution in [-0.4, -0.2) is 24.0 Å². The fraction of sp³-hybridized carbons (Fsp3) is 0.250. The van der Waals surface area contributed by atoms with Crippen molar-refractivity contribution in [1.29, 1.82) is 0 Å². The second-order valence-electron chi connectivity index (χ2n) is 5.07. The zero-order chi connectivity index (χ0) is 13.9. The lowest BCUT2D eigenvalue weighted by Crippen LogP contribution is -2.25. The van der Waals surface area contributed by atoms with Crippen molar-refractivity contribution < 1.29 is 4.79 Å². The number of rotatable bonds is 3. The van der Waals surface area contributed by atoms with Crippen LogP contribution in [0.15, 0.2) is 48.7 Å². The van der Waals surface area contributed by atoms with E-state index in [-0.39, 0.29) is 11.8 Å². The van der Waals surface area contributed by atoms with Crippen LogP contribution < -0.4 is 10.6 Å². The molecular formula is C16H17N3O. The fourth-order valence-corrected chi connectivity index (χ4v) is 2.53. The van der Waals surface area contributed by atoms with Gasteiger partial charge in [-0.1, -0.05) is 18.2 Å². The number of benzene rings is 1. The lowest BCUT2D eigenvalue weighted by molar-refractivity contribution is -0.117. The average molecular weight is 267 g/mol. The van der Waals surface area contributed by atoms with Crippen LogP contribution in [-0.2, 0) is 4.79 Å². The molecule has 1 aliphatic rings. The normalized spacial score (nSPS) is 18.6. The summed E-state index contributed by atoms with van der Waals surface area (Å²) in [4.78, 5) is 18.1. The second kappa shape index (κ2) is 5.43. The van der Waals surface area contributed by atoms with Crippen molar-refractivity contribution in [2.24, 2.45) is 11.7 Å². The predicted molar refractivity (Wildman–Crippen MR) is 79.2 cm³/mol. The number of nitrogens with zero attached hydrogens (tertiary/aromatic N) is 2. The fourth-order valence-electron chi connectivity index (χ4n) is 2.53. The number of anilines is 1. The number of carbonyl (C=O) groups excluding carboxylic acids is 1. The SMILES string of the molecule is NCC1CC(=O)N(c2ccc(-c3ccccn3)cc2)C1. The number of aromatic nitrogens is 1. The zero-order valence-electron chi connectivity index (χ0n) is 11.2. The second-order valence-corrected chi connectivity index (χ2v) is 5.07. The van der Waals surface area contributed by atoms with Crippen molar-refractivity contribution in [3.63, 3.8) is 0 Å². The molecule has 2 aromatic rings. The van der Waals surface area contributed by atoms with Gasteiger partial charge in [0.15, 0.2) is 0 Å². The van der Waals surface area contributed by atoms with E-state index >= 15 is 0 Å². The topological polar surface area (TPSA) is 59.2 Å². The Morgan fingerprint density at radius 1 is 1.20 bits per heavy atom. The Labute approximate surface area is 118 Å². The summed E-state index contributed by atoms with van der Waals surface area (Å²) < 4.78 is 0. The summed E-state index contributed by atoms with van der Waals surface area (Å²) >= 11 is 0. The van der Waals surface area contributed by atoms with Crippen molar-refractivity contribution in [3.05, 3.63) is 48.7 Å². The summed E-state index contributed by atoms with van der Waals surface area (Å²) in [6.07, 6.45) is 2.33. The Bertz CT molecular complexity index is 595. The molecule has 0 radical (unpaired) electrons. The van der Waals surface area contributed by atoms with Gasteiger partial charge in [0.05, 0.1) is 5.69 Å². The highest BCUT2D eigenvalue weighted by molar-refractivity contribution is 5.95. The predicted octanol–water partition coefficient (Wildman–Crippen LogP) is 2.06. The van der Waals surface area contributed by atoms with Crippen LogP contribution in [0.2, 0.25) is 0 Å². The minimum Gasteiger partial charge on any atom is -0.330 e. The highest BCUT2D eigenvalue weighted by Gasteiger charge is 2.29. The first-order valence-electron chi connectivity index (χ1n) is 6.80. The van der Waals surface area contributed by atoms with Gasteiger partial charge in [-0.15, -0.1) is 0 Å². The summed E-state index contributed by atoms with van der Waals surface area (Å²) in [5.41, 5.74) is 8.57. The van der Waals surface area contributed by atoms with Crippen molar-refractivity contribution >= 4 is 11.6 Å². The first-order chi connectivity index (χ1) is 9.78. The van der Waals surface area contributed by atoms with Gasteiger partial charge in [0.1, 0.15) is 0 Å². The highest BCUT2D eigenvalue weighted by atomic mass is 16.2. The standard InChI is InChI=1S/C16H17N3O/c17-10-12-9-16(20)19(11-12)14-6-4-13(5-7-14)15-3-1-2-8-18-15/h1-8,12H,9-11,17H2. The Hall–Kier alpha value is -2.20. The van der Waals surface area contributed by atoms with Crippen LogP contribution in [0, 0.1) is 5.92 Å². The molecule has 0 bridgehead atoms. The van der Waals surface area contributed by atoms with Gasteiger partial charge in [-0.25, -0.2) is 0 Å². The van der Waals surface area contributed by atoms with Gasteiger partial charge in [-0.05, 0) is 36.7 Å². The number of carbonyl (C=O) groups is 1. The highest BCUT2D eigenvalue weighted by Crippen LogP contribution is 2.26. The van der Waals surface area contributed by atoms with Crippen molar-refractivity contribution in [2.45, 2.75) is 6.42 Å². The maximum Gasteiger partial charge on any atom is 0.227 e. The third-order valence-corrected chi connectivity index (χ3v) is 3.68. The summed E-state index contributed by atoms with van der Waals surface area (Å²) in [5, 5.41) is 0. The quantitative estimate of drug-likeness (QED) is 0.926. The maximum absolute atomic E-state index is 12.0. The van der Waals surface area contributed by atoms with Gasteiger partial charge < -0.3 is 10.6 Å². The third-order valence-electron chi connectivity index (χ3n) is 3.68. The van der Waals surface area contributed by atoms with E-state index in [9.17, 15) is 4.79 Å². The monoisotopic (exact) mass is 267 g/mol. The molecule has 1 atom stereocenters. The van der Waals surface area contributed by atoms with Gasteiger partial charge in [0.25, 0.3) is 0 Å². The molecule has 0 saturated carbocycles. The molecule has 1 unspecified atom stereocenters. The van der Waals surface area contributed by atoms with Crippen molar-refractivity contribution in [2.75, 3.05) is 18.0 Å². The Morgan fingerprint density at radius 3 is 2.60 bits per heavy atom. The molecule has 1 aliphatic heterocycles. The third kappa shape index (κ3) is 2.42. The first-order valence-corrected chi connectivity index (χ1v) is 6.80. The number of pyridine rings is 1. The van der Waals surface area contributed by atoms with E-state index in [0.717, 1.165) is 23.5 Å². The number of nitrogens with two attached hydrogens (primary N) is 1. The lowest BCUT2D eigenvalue weighted by Gasteiger charge is -2.16. The Balaban J connectivity index is 1.82. The summed E-state index contributed by atoms with van der Waals surface area (Å²) in [6, 6.07) is 13.8. The summed E-state index contributed by atoms with van der Waals surface area (Å²) in [7, 11) is 0. The van der Waals surface area contributed by atoms with Crippen LogP contribution >= 0.6 is 0 Å². The van der Waals surface area contributed by atoms with Gasteiger partial charge in [-0.2, -0.15) is 0 Å². The Kier molecular flexibility index (Phi) is 3.48. The van der Waals surface area contributed by atoms with Gasteiger partial charge in [-0.3, -0.25) is 9.78 Å². The largest absolute Gasteiger partial charge is 0.330 e. The van der Waals surface area contributed by atoms with Crippen molar-refractivity contribution in [1.82, 2.24) is 4.98 Å². The van der Waals surface area contributed by atoms with Gasteiger partial charge in [0.2, 0.25) is 5.91 Å². The molecule has 0 aliphatic carbocycles. The van der Waals surface area contributed by atoms with E-state index in [1.165, 1.54) is 0 Å². The number of amides is 1. The molecule has 3 rings (SSSR count). The number of hydrogen-bond donors (Lipinski definition) is 1. The van der Waals surface area contributed by atoms with E-state index < -0.39 is 0 Å². The molecule has 1 saturated heterocycles. The van der Waals surface area contributed by atoms with Gasteiger partial charge in [0, 0.05) is 30.4 Å². The smallest absolute Gasteiger partial charge is 0.227 e. The maximum atomic E-state index is 12.0. The summed E-state index contributed by atoms with van der Waals surface area (Å²) in [5.74, 6) is 0.434. The molecular weight excluding hydrogens is 250 g/mol. The Morgan fingerprint density at radius 2 is 2.00 bits per heavy atom. The minimum absolute atomic E-state index is 0.158. The molecule has 102 valence electrons. The molecule has 4 heteroatoms. The number of hydrogen-bond acceptors (Lipinski definition) is 3. The first kappa shape index (κ1) is 12.8. The molecule has 1 aromatic heterocycles. The van der Waals surface area contributed by atoms with Gasteiger partial charge >= 0.3 is 0 Å². The molecule has 0 spiro atoms. The summed E-state index contributed by atoms with van der Waals surface area (Å²) in [6.45, 7) is 1.28. The van der Waals surface area contributed by atoms with E-state index in [2.05, 4.69) is 4.98 Å². The van der Waals surface area contributed by atoms with E-state index in [1.807, 2.05) is 47.4 Å². The average Bonchev–Trinajstić information content (AvgIpc) is 2.89. The van der Waals surface area contributed by atoms with Crippen LogP contribution in [0.5, 0.6) is 0 Å². The minimum atomic E-state index is 0.158. The van der Waals surface area contributed by atoms with E-state index in [1.54, 1.807) is 6.20 Å². The molecule has 20 heavy (non-hydrogen) atoms. The molecule has 2 heterocycles. The van der Waals surface area contributed by atoms with E-state index in [4.69, 9.17) is 5.73 Å². The molecule has 4 nitrogen and oxygen atoms in total. The molecule has 1 aromatic carbocycles. The van der Waals surface area contributed by atoms with Crippen LogP contribution in [0.25, 0.3) is 11.3 Å². The van der Waals surface area contributed by atoms with E-state index in [0.29, 0.717) is 13.0 Å². The molecule has 1 fully saturated rings. The van der Waals surface area contributed by atoms with Crippen LogP contribution in [0.4, 0.5) is 5.69 Å². The van der Waals surface area contributed by atoms with Crippen LogP contribution in [0.1, 0.15) is 6.42 Å². The van der Waals surface area contributed by atoms with Crippen molar-refractivity contribution in [3.8, 4) is 11.3 Å². The zero-order valence-corrected chi connectivity index (χ0v) is 11.2. The molecule has 2 N–H and O–H groups in total. The lowest BCUT2D eigenvalue weighted by atomic mass is 10.1. The van der Waals surface area contributed by atoms with Crippen LogP contribution in [0.3, 0.4) is 0 Å².